The van der Waals surface area contributed by atoms with Crippen LogP contribution in [0.3, 0.4) is 0 Å². The molecular formula is C21H23N3O4S. The van der Waals surface area contributed by atoms with Gasteiger partial charge in [-0.25, -0.2) is 9.78 Å². The van der Waals surface area contributed by atoms with Crippen LogP contribution in [0, 0.1) is 20.8 Å². The molecule has 2 heterocycles. The van der Waals surface area contributed by atoms with Crippen LogP contribution in [0.2, 0.25) is 0 Å². The van der Waals surface area contributed by atoms with Gasteiger partial charge in [-0.2, -0.15) is 0 Å². The van der Waals surface area contributed by atoms with E-state index in [9.17, 15) is 14.4 Å². The molecule has 0 saturated heterocycles. The van der Waals surface area contributed by atoms with Gasteiger partial charge in [0.1, 0.15) is 16.3 Å². The zero-order chi connectivity index (χ0) is 21.3. The number of anilines is 1. The molecule has 1 aromatic carbocycles. The van der Waals surface area contributed by atoms with Crippen LogP contribution in [-0.2, 0) is 16.1 Å². The maximum Gasteiger partial charge on any atom is 0.348 e. The summed E-state index contributed by atoms with van der Waals surface area (Å²) in [5.74, 6) is -0.798. The van der Waals surface area contributed by atoms with E-state index in [4.69, 9.17) is 4.74 Å². The van der Waals surface area contributed by atoms with Crippen molar-refractivity contribution in [3.63, 3.8) is 0 Å². The molecule has 2 aromatic heterocycles. The van der Waals surface area contributed by atoms with E-state index >= 15 is 0 Å². The molecule has 1 amide bonds. The monoisotopic (exact) mass is 413 g/mol. The molecule has 152 valence electrons. The largest absolute Gasteiger partial charge is 0.459 e. The van der Waals surface area contributed by atoms with Crippen molar-refractivity contribution in [2.45, 2.75) is 47.3 Å². The molecule has 0 aliphatic heterocycles. The number of hydrogen-bond donors (Lipinski definition) is 1. The minimum absolute atomic E-state index is 0.170. The Kier molecular flexibility index (Phi) is 5.83. The number of carbonyl (C=O) groups is 2. The zero-order valence-corrected chi connectivity index (χ0v) is 17.8. The summed E-state index contributed by atoms with van der Waals surface area (Å²) in [6, 6.07) is 5.78. The lowest BCUT2D eigenvalue weighted by Gasteiger charge is -2.10. The second kappa shape index (κ2) is 8.16. The van der Waals surface area contributed by atoms with Gasteiger partial charge in [-0.15, -0.1) is 11.3 Å². The van der Waals surface area contributed by atoms with Gasteiger partial charge < -0.3 is 10.1 Å². The van der Waals surface area contributed by atoms with Crippen LogP contribution in [0.4, 0.5) is 5.69 Å². The number of rotatable bonds is 5. The van der Waals surface area contributed by atoms with Crippen molar-refractivity contribution >= 4 is 39.1 Å². The van der Waals surface area contributed by atoms with E-state index in [1.54, 1.807) is 20.8 Å². The number of ether oxygens (including phenoxy) is 1. The van der Waals surface area contributed by atoms with Gasteiger partial charge in [0.15, 0.2) is 0 Å². The Labute approximate surface area is 172 Å². The predicted octanol–water partition coefficient (Wildman–Crippen LogP) is 3.59. The number of fused-ring (bicyclic) bond motifs is 1. The van der Waals surface area contributed by atoms with E-state index in [2.05, 4.69) is 10.3 Å². The molecule has 0 atom stereocenters. The summed E-state index contributed by atoms with van der Waals surface area (Å²) >= 11 is 1.12. The Balaban J connectivity index is 1.89. The first-order valence-corrected chi connectivity index (χ1v) is 10.1. The molecule has 0 radical (unpaired) electrons. The number of nitrogens with one attached hydrogen (secondary N) is 1. The molecule has 0 unspecified atom stereocenters. The fourth-order valence-corrected chi connectivity index (χ4v) is 3.97. The molecule has 0 saturated carbocycles. The van der Waals surface area contributed by atoms with Crippen molar-refractivity contribution in [2.75, 3.05) is 5.32 Å². The van der Waals surface area contributed by atoms with Crippen molar-refractivity contribution in [2.24, 2.45) is 0 Å². The van der Waals surface area contributed by atoms with Crippen LogP contribution >= 0.6 is 11.3 Å². The third-order valence-electron chi connectivity index (χ3n) is 4.43. The standard InChI is InChI=1S/C21H23N3O4S/c1-11(2)28-21(27)18-14(5)17-19(29-18)22-10-24(20(17)26)9-16(25)23-15-8-12(3)6-7-13(15)4/h6-8,10-11H,9H2,1-5H3,(H,23,25). The van der Waals surface area contributed by atoms with Crippen LogP contribution in [0.5, 0.6) is 0 Å². The lowest BCUT2D eigenvalue weighted by molar-refractivity contribution is -0.116. The number of nitrogens with zero attached hydrogens (tertiary/aromatic N) is 2. The van der Waals surface area contributed by atoms with Crippen LogP contribution < -0.4 is 10.9 Å². The fourth-order valence-electron chi connectivity index (χ4n) is 2.95. The average molecular weight is 413 g/mol. The van der Waals surface area contributed by atoms with Crippen molar-refractivity contribution in [1.82, 2.24) is 9.55 Å². The van der Waals surface area contributed by atoms with Crippen LogP contribution in [0.1, 0.15) is 40.2 Å². The zero-order valence-electron chi connectivity index (χ0n) is 17.0. The highest BCUT2D eigenvalue weighted by Gasteiger charge is 2.21. The lowest BCUT2D eigenvalue weighted by Crippen LogP contribution is -2.28. The molecule has 0 spiro atoms. The summed E-state index contributed by atoms with van der Waals surface area (Å²) in [5.41, 5.74) is 2.84. The normalized spacial score (nSPS) is 11.1. The Morgan fingerprint density at radius 3 is 2.66 bits per heavy atom. The summed E-state index contributed by atoms with van der Waals surface area (Å²) in [5, 5.41) is 3.18. The van der Waals surface area contributed by atoms with Gasteiger partial charge >= 0.3 is 5.97 Å². The van der Waals surface area contributed by atoms with E-state index in [-0.39, 0.29) is 24.1 Å². The number of benzene rings is 1. The Bertz CT molecular complexity index is 1160. The van der Waals surface area contributed by atoms with Gasteiger partial charge in [-0.05, 0) is 57.4 Å². The lowest BCUT2D eigenvalue weighted by atomic mass is 10.1. The second-order valence-corrected chi connectivity index (χ2v) is 8.23. The van der Waals surface area contributed by atoms with Crippen molar-refractivity contribution < 1.29 is 14.3 Å². The number of amides is 1. The molecule has 0 bridgehead atoms. The third-order valence-corrected chi connectivity index (χ3v) is 5.61. The SMILES string of the molecule is Cc1ccc(C)c(NC(=O)Cn2cnc3sc(C(=O)OC(C)C)c(C)c3c2=O)c1. The highest BCUT2D eigenvalue weighted by Crippen LogP contribution is 2.27. The first kappa shape index (κ1) is 20.7. The van der Waals surface area contributed by atoms with E-state index < -0.39 is 5.97 Å². The average Bonchev–Trinajstić information content (AvgIpc) is 2.97. The molecular weight excluding hydrogens is 390 g/mol. The number of aryl methyl sites for hydroxylation is 3. The van der Waals surface area contributed by atoms with Crippen LogP contribution in [0.15, 0.2) is 29.3 Å². The first-order chi connectivity index (χ1) is 13.7. The van der Waals surface area contributed by atoms with E-state index in [1.807, 2.05) is 32.0 Å². The first-order valence-electron chi connectivity index (χ1n) is 9.24. The van der Waals surface area contributed by atoms with E-state index in [0.29, 0.717) is 26.3 Å². The molecule has 0 fully saturated rings. The van der Waals surface area contributed by atoms with Gasteiger partial charge in [0.2, 0.25) is 5.91 Å². The number of aromatic nitrogens is 2. The molecule has 7 nitrogen and oxygen atoms in total. The number of hydrogen-bond acceptors (Lipinski definition) is 6. The van der Waals surface area contributed by atoms with Crippen molar-refractivity contribution in [3.05, 3.63) is 56.4 Å². The van der Waals surface area contributed by atoms with Gasteiger partial charge in [-0.1, -0.05) is 12.1 Å². The predicted molar refractivity (Wildman–Crippen MR) is 114 cm³/mol. The molecule has 3 aromatic rings. The highest BCUT2D eigenvalue weighted by atomic mass is 32.1. The molecule has 8 heteroatoms. The summed E-state index contributed by atoms with van der Waals surface area (Å²) in [7, 11) is 0. The van der Waals surface area contributed by atoms with Gasteiger partial charge in [-0.3, -0.25) is 14.2 Å². The molecule has 1 N–H and O–H groups in total. The Morgan fingerprint density at radius 2 is 1.97 bits per heavy atom. The summed E-state index contributed by atoms with van der Waals surface area (Å²) < 4.78 is 6.49. The third kappa shape index (κ3) is 4.37. The number of esters is 1. The Morgan fingerprint density at radius 1 is 1.24 bits per heavy atom. The van der Waals surface area contributed by atoms with Gasteiger partial charge in [0.25, 0.3) is 5.56 Å². The number of thiophene rings is 1. The summed E-state index contributed by atoms with van der Waals surface area (Å²) in [6.45, 7) is 8.90. The fraction of sp³-hybridized carbons (Fsp3) is 0.333. The molecule has 3 rings (SSSR count). The van der Waals surface area contributed by atoms with Crippen molar-refractivity contribution in [1.29, 1.82) is 0 Å². The maximum absolute atomic E-state index is 12.9. The quantitative estimate of drug-likeness (QED) is 0.646. The second-order valence-electron chi connectivity index (χ2n) is 7.23. The molecule has 29 heavy (non-hydrogen) atoms. The number of carbonyl (C=O) groups excluding carboxylic acids is 2. The maximum atomic E-state index is 12.9. The van der Waals surface area contributed by atoms with Crippen LogP contribution in [0.25, 0.3) is 10.2 Å². The molecule has 0 aliphatic rings. The van der Waals surface area contributed by atoms with Crippen LogP contribution in [-0.4, -0.2) is 27.5 Å². The minimum atomic E-state index is -0.473. The highest BCUT2D eigenvalue weighted by molar-refractivity contribution is 7.20. The van der Waals surface area contributed by atoms with E-state index in [0.717, 1.165) is 22.5 Å². The smallest absolute Gasteiger partial charge is 0.348 e. The van der Waals surface area contributed by atoms with Gasteiger partial charge in [0.05, 0.1) is 17.8 Å². The van der Waals surface area contributed by atoms with Gasteiger partial charge in [0, 0.05) is 5.69 Å². The van der Waals surface area contributed by atoms with Crippen molar-refractivity contribution in [3.8, 4) is 0 Å². The topological polar surface area (TPSA) is 90.3 Å². The Hall–Kier alpha value is -3.00. The summed E-state index contributed by atoms with van der Waals surface area (Å²) in [6.07, 6.45) is 1.08. The summed E-state index contributed by atoms with van der Waals surface area (Å²) in [4.78, 5) is 42.7. The molecule has 0 aliphatic carbocycles. The minimum Gasteiger partial charge on any atom is -0.459 e. The van der Waals surface area contributed by atoms with E-state index in [1.165, 1.54) is 10.9 Å².